The highest BCUT2D eigenvalue weighted by atomic mass is 16.6. The predicted molar refractivity (Wildman–Crippen MR) is 82.5 cm³/mol. The van der Waals surface area contributed by atoms with Crippen molar-refractivity contribution in [3.05, 3.63) is 39.9 Å². The minimum Gasteiger partial charge on any atom is -0.342 e. The molecule has 6 heteroatoms. The fourth-order valence-corrected chi connectivity index (χ4v) is 3.53. The van der Waals surface area contributed by atoms with Crippen LogP contribution in [0.5, 0.6) is 0 Å². The van der Waals surface area contributed by atoms with Crippen LogP contribution in [0.1, 0.15) is 18.4 Å². The molecule has 0 bridgehead atoms. The molecule has 0 spiro atoms. The van der Waals surface area contributed by atoms with Gasteiger partial charge in [0.1, 0.15) is 0 Å². The number of likely N-dealkylation sites (tertiary alicyclic amines) is 1. The van der Waals surface area contributed by atoms with Gasteiger partial charge >= 0.3 is 0 Å². The van der Waals surface area contributed by atoms with E-state index in [1.54, 1.807) is 12.1 Å². The van der Waals surface area contributed by atoms with E-state index in [0.29, 0.717) is 17.4 Å². The van der Waals surface area contributed by atoms with Gasteiger partial charge in [-0.15, -0.1) is 0 Å². The molecule has 2 fully saturated rings. The third-order valence-electron chi connectivity index (χ3n) is 4.85. The Kier molecular flexibility index (Phi) is 4.38. The Morgan fingerprint density at radius 2 is 1.95 bits per heavy atom. The van der Waals surface area contributed by atoms with Gasteiger partial charge in [-0.05, 0) is 43.3 Å². The molecule has 0 unspecified atom stereocenters. The molecular formula is C16H21N3O3. The molecule has 22 heavy (non-hydrogen) atoms. The number of nitro benzene ring substituents is 1. The lowest BCUT2D eigenvalue weighted by molar-refractivity contribution is -0.384. The van der Waals surface area contributed by atoms with Crippen LogP contribution in [0.3, 0.4) is 0 Å². The maximum atomic E-state index is 12.5. The maximum Gasteiger partial charge on any atom is 0.269 e. The van der Waals surface area contributed by atoms with Crippen molar-refractivity contribution in [1.82, 2.24) is 10.2 Å². The summed E-state index contributed by atoms with van der Waals surface area (Å²) in [4.78, 5) is 24.8. The van der Waals surface area contributed by atoms with Gasteiger partial charge in [-0.25, -0.2) is 0 Å². The van der Waals surface area contributed by atoms with Crippen molar-refractivity contribution >= 4 is 11.6 Å². The standard InChI is InChI=1S/C16H21N3O3/c20-16(9-12-2-1-3-15(8-12)19(21)22)18-6-4-13-10-17-11-14(13)5-7-18/h1-3,8,13-14,17H,4-7,9-11H2/t13-,14+. The minimum atomic E-state index is -0.423. The van der Waals surface area contributed by atoms with Crippen molar-refractivity contribution in [2.45, 2.75) is 19.3 Å². The van der Waals surface area contributed by atoms with Crippen LogP contribution in [0, 0.1) is 22.0 Å². The van der Waals surface area contributed by atoms with Crippen molar-refractivity contribution in [1.29, 1.82) is 0 Å². The average Bonchev–Trinajstić information content (AvgIpc) is 2.86. The molecule has 2 aliphatic rings. The number of carbonyl (C=O) groups excluding carboxylic acids is 1. The number of nitro groups is 1. The van der Waals surface area contributed by atoms with Gasteiger partial charge in [-0.1, -0.05) is 12.1 Å². The van der Waals surface area contributed by atoms with Crippen LogP contribution in [0.25, 0.3) is 0 Å². The third kappa shape index (κ3) is 3.27. The molecule has 2 aliphatic heterocycles. The van der Waals surface area contributed by atoms with Gasteiger partial charge in [0, 0.05) is 25.2 Å². The monoisotopic (exact) mass is 303 g/mol. The summed E-state index contributed by atoms with van der Waals surface area (Å²) < 4.78 is 0. The number of nitrogens with zero attached hydrogens (tertiary/aromatic N) is 2. The first-order valence-electron chi connectivity index (χ1n) is 7.85. The quantitative estimate of drug-likeness (QED) is 0.680. The number of carbonyl (C=O) groups is 1. The number of fused-ring (bicyclic) bond motifs is 1. The first kappa shape index (κ1) is 15.0. The van der Waals surface area contributed by atoms with Gasteiger partial charge in [0.05, 0.1) is 11.3 Å². The Hall–Kier alpha value is -1.95. The van der Waals surface area contributed by atoms with Crippen molar-refractivity contribution < 1.29 is 9.72 Å². The van der Waals surface area contributed by atoms with Crippen LogP contribution in [0.2, 0.25) is 0 Å². The zero-order valence-corrected chi connectivity index (χ0v) is 12.5. The third-order valence-corrected chi connectivity index (χ3v) is 4.85. The molecule has 2 saturated heterocycles. The summed E-state index contributed by atoms with van der Waals surface area (Å²) in [6.45, 7) is 3.74. The normalized spacial score (nSPS) is 24.6. The van der Waals surface area contributed by atoms with E-state index in [2.05, 4.69) is 5.32 Å². The highest BCUT2D eigenvalue weighted by Gasteiger charge is 2.31. The van der Waals surface area contributed by atoms with Crippen molar-refractivity contribution in [3.8, 4) is 0 Å². The predicted octanol–water partition coefficient (Wildman–Crippen LogP) is 1.60. The Labute approximate surface area is 129 Å². The molecule has 1 aromatic carbocycles. The molecular weight excluding hydrogens is 282 g/mol. The number of amides is 1. The van der Waals surface area contributed by atoms with E-state index in [-0.39, 0.29) is 18.0 Å². The van der Waals surface area contributed by atoms with Crippen molar-refractivity contribution in [2.24, 2.45) is 11.8 Å². The van der Waals surface area contributed by atoms with Gasteiger partial charge in [0.2, 0.25) is 5.91 Å². The number of hydrogen-bond acceptors (Lipinski definition) is 4. The van der Waals surface area contributed by atoms with E-state index in [9.17, 15) is 14.9 Å². The number of nitrogens with one attached hydrogen (secondary N) is 1. The van der Waals surface area contributed by atoms with Crippen molar-refractivity contribution in [3.63, 3.8) is 0 Å². The van der Waals surface area contributed by atoms with Crippen LogP contribution < -0.4 is 5.32 Å². The summed E-state index contributed by atoms with van der Waals surface area (Å²) in [7, 11) is 0. The van der Waals surface area contributed by atoms with Gasteiger partial charge in [0.25, 0.3) is 5.69 Å². The van der Waals surface area contributed by atoms with Gasteiger partial charge in [-0.3, -0.25) is 14.9 Å². The van der Waals surface area contributed by atoms with E-state index < -0.39 is 4.92 Å². The SMILES string of the molecule is O=C(Cc1cccc([N+](=O)[O-])c1)N1CC[C@@H]2CNC[C@@H]2CC1. The highest BCUT2D eigenvalue weighted by Crippen LogP contribution is 2.27. The van der Waals surface area contributed by atoms with E-state index in [0.717, 1.165) is 39.0 Å². The zero-order valence-electron chi connectivity index (χ0n) is 12.5. The molecule has 1 aromatic rings. The van der Waals surface area contributed by atoms with Crippen molar-refractivity contribution in [2.75, 3.05) is 26.2 Å². The molecule has 0 aromatic heterocycles. The molecule has 118 valence electrons. The molecule has 0 radical (unpaired) electrons. The highest BCUT2D eigenvalue weighted by molar-refractivity contribution is 5.79. The molecule has 0 aliphatic carbocycles. The van der Waals surface area contributed by atoms with Gasteiger partial charge in [0.15, 0.2) is 0 Å². The summed E-state index contributed by atoms with van der Waals surface area (Å²) in [5.41, 5.74) is 0.757. The summed E-state index contributed by atoms with van der Waals surface area (Å²) in [6, 6.07) is 6.36. The lowest BCUT2D eigenvalue weighted by Crippen LogP contribution is -2.33. The number of non-ortho nitro benzene ring substituents is 1. The molecule has 6 nitrogen and oxygen atoms in total. The van der Waals surface area contributed by atoms with Crippen LogP contribution in [0.4, 0.5) is 5.69 Å². The van der Waals surface area contributed by atoms with Crippen LogP contribution >= 0.6 is 0 Å². The second-order valence-corrected chi connectivity index (χ2v) is 6.24. The minimum absolute atomic E-state index is 0.0433. The summed E-state index contributed by atoms with van der Waals surface area (Å²) in [5.74, 6) is 1.46. The van der Waals surface area contributed by atoms with Crippen LogP contribution in [-0.2, 0) is 11.2 Å². The first-order chi connectivity index (χ1) is 10.6. The molecule has 2 atom stereocenters. The molecule has 1 amide bonds. The molecule has 1 N–H and O–H groups in total. The fraction of sp³-hybridized carbons (Fsp3) is 0.562. The molecule has 3 rings (SSSR count). The summed E-state index contributed by atoms with van der Waals surface area (Å²) >= 11 is 0. The Morgan fingerprint density at radius 3 is 2.59 bits per heavy atom. The topological polar surface area (TPSA) is 75.5 Å². The van der Waals surface area contributed by atoms with E-state index >= 15 is 0 Å². The Morgan fingerprint density at radius 1 is 1.27 bits per heavy atom. The Balaban J connectivity index is 1.62. The van der Waals surface area contributed by atoms with Crippen LogP contribution in [-0.4, -0.2) is 41.9 Å². The fourth-order valence-electron chi connectivity index (χ4n) is 3.53. The first-order valence-corrected chi connectivity index (χ1v) is 7.85. The Bertz CT molecular complexity index is 562. The lowest BCUT2D eigenvalue weighted by Gasteiger charge is -2.21. The van der Waals surface area contributed by atoms with E-state index in [1.165, 1.54) is 12.1 Å². The number of rotatable bonds is 3. The number of benzene rings is 1. The molecule has 0 saturated carbocycles. The van der Waals surface area contributed by atoms with Gasteiger partial charge in [-0.2, -0.15) is 0 Å². The summed E-state index contributed by atoms with van der Waals surface area (Å²) in [5, 5.41) is 14.2. The smallest absolute Gasteiger partial charge is 0.269 e. The van der Waals surface area contributed by atoms with Gasteiger partial charge < -0.3 is 10.2 Å². The van der Waals surface area contributed by atoms with Crippen LogP contribution in [0.15, 0.2) is 24.3 Å². The van der Waals surface area contributed by atoms with E-state index in [4.69, 9.17) is 0 Å². The number of hydrogen-bond donors (Lipinski definition) is 1. The largest absolute Gasteiger partial charge is 0.342 e. The second kappa shape index (κ2) is 6.44. The maximum absolute atomic E-state index is 12.5. The zero-order chi connectivity index (χ0) is 15.5. The summed E-state index contributed by atoms with van der Waals surface area (Å²) in [6.07, 6.45) is 2.35. The molecule has 2 heterocycles. The lowest BCUT2D eigenvalue weighted by atomic mass is 9.92. The average molecular weight is 303 g/mol. The second-order valence-electron chi connectivity index (χ2n) is 6.24. The van der Waals surface area contributed by atoms with E-state index in [1.807, 2.05) is 4.90 Å².